The van der Waals surface area contributed by atoms with Crippen LogP contribution in [0.15, 0.2) is 72.1 Å². The molecule has 0 aliphatic carbocycles. The van der Waals surface area contributed by atoms with Gasteiger partial charge in [-0.2, -0.15) is 9.40 Å². The fraction of sp³-hybridized carbons (Fsp3) is 0.263. The van der Waals surface area contributed by atoms with Gasteiger partial charge in [-0.15, -0.1) is 0 Å². The van der Waals surface area contributed by atoms with Crippen molar-refractivity contribution in [3.63, 3.8) is 0 Å². The lowest BCUT2D eigenvalue weighted by molar-refractivity contribution is 0.214. The Kier molecular flexibility index (Phi) is 4.91. The van der Waals surface area contributed by atoms with Crippen LogP contribution in [-0.2, 0) is 16.6 Å². The number of hydrogen-bond donors (Lipinski definition) is 0. The molecule has 3 aromatic rings. The third-order valence-electron chi connectivity index (χ3n) is 4.48. The summed E-state index contributed by atoms with van der Waals surface area (Å²) in [6, 6.07) is 13.4. The molecule has 1 saturated heterocycles. The van der Waals surface area contributed by atoms with Gasteiger partial charge in [-0.1, -0.05) is 30.3 Å². The molecule has 1 atom stereocenters. The van der Waals surface area contributed by atoms with E-state index in [4.69, 9.17) is 4.74 Å². The Labute approximate surface area is 158 Å². The summed E-state index contributed by atoms with van der Waals surface area (Å²) in [5.41, 5.74) is 1.07. The first-order chi connectivity index (χ1) is 13.1. The lowest BCUT2D eigenvalue weighted by Crippen LogP contribution is -2.30. The fourth-order valence-corrected chi connectivity index (χ4v) is 4.55. The number of hydrogen-bond acceptors (Lipinski definition) is 5. The molecule has 1 unspecified atom stereocenters. The fourth-order valence-electron chi connectivity index (χ4n) is 3.11. The maximum Gasteiger partial charge on any atom is 0.246 e. The van der Waals surface area contributed by atoms with E-state index in [1.807, 2.05) is 36.4 Å². The van der Waals surface area contributed by atoms with Crippen LogP contribution in [0, 0.1) is 0 Å². The molecule has 3 heterocycles. The van der Waals surface area contributed by atoms with E-state index in [-0.39, 0.29) is 11.0 Å². The molecular weight excluding hydrogens is 364 g/mol. The van der Waals surface area contributed by atoms with E-state index >= 15 is 0 Å². The molecule has 7 nitrogen and oxygen atoms in total. The van der Waals surface area contributed by atoms with Crippen molar-refractivity contribution >= 4 is 10.0 Å². The van der Waals surface area contributed by atoms with Crippen molar-refractivity contribution in [2.45, 2.75) is 24.0 Å². The van der Waals surface area contributed by atoms with Gasteiger partial charge in [0.05, 0.1) is 25.5 Å². The molecule has 0 N–H and O–H groups in total. The Morgan fingerprint density at radius 3 is 2.74 bits per heavy atom. The molecule has 0 amide bonds. The van der Waals surface area contributed by atoms with Crippen molar-refractivity contribution < 1.29 is 13.2 Å². The van der Waals surface area contributed by atoms with Crippen LogP contribution >= 0.6 is 0 Å². The third kappa shape index (κ3) is 4.01. The minimum atomic E-state index is -3.58. The average molecular weight is 384 g/mol. The second kappa shape index (κ2) is 7.50. The Hall–Kier alpha value is -2.71. The van der Waals surface area contributed by atoms with Crippen LogP contribution < -0.4 is 4.74 Å². The van der Waals surface area contributed by atoms with Gasteiger partial charge in [0.2, 0.25) is 10.0 Å². The van der Waals surface area contributed by atoms with Gasteiger partial charge in [0.1, 0.15) is 16.7 Å². The molecule has 1 aliphatic heterocycles. The van der Waals surface area contributed by atoms with Crippen LogP contribution in [0.2, 0.25) is 0 Å². The number of nitrogens with zero attached hydrogens (tertiary/aromatic N) is 4. The van der Waals surface area contributed by atoms with Crippen molar-refractivity contribution in [2.75, 3.05) is 13.1 Å². The zero-order chi connectivity index (χ0) is 18.7. The molecule has 1 aromatic carbocycles. The smallest absolute Gasteiger partial charge is 0.246 e. The van der Waals surface area contributed by atoms with Crippen LogP contribution in [-0.4, -0.2) is 46.7 Å². The van der Waals surface area contributed by atoms with Crippen molar-refractivity contribution in [1.29, 1.82) is 0 Å². The second-order valence-electron chi connectivity index (χ2n) is 6.44. The van der Waals surface area contributed by atoms with Gasteiger partial charge >= 0.3 is 0 Å². The number of benzene rings is 1. The number of sulfonamides is 1. The van der Waals surface area contributed by atoms with E-state index in [1.165, 1.54) is 10.5 Å². The Morgan fingerprint density at radius 2 is 1.96 bits per heavy atom. The summed E-state index contributed by atoms with van der Waals surface area (Å²) in [5, 5.41) is 4.21. The minimum absolute atomic E-state index is 0.177. The predicted octanol–water partition coefficient (Wildman–Crippen LogP) is 2.17. The average Bonchev–Trinajstić information content (AvgIpc) is 3.34. The van der Waals surface area contributed by atoms with Gasteiger partial charge in [0, 0.05) is 18.9 Å². The molecule has 0 spiro atoms. The largest absolute Gasteiger partial charge is 0.487 e. The van der Waals surface area contributed by atoms with E-state index in [0.717, 1.165) is 5.56 Å². The summed E-state index contributed by atoms with van der Waals surface area (Å²) in [6.45, 7) is 1.28. The van der Waals surface area contributed by atoms with Crippen LogP contribution in [0.1, 0.15) is 12.0 Å². The molecule has 0 bridgehead atoms. The number of pyridine rings is 1. The first-order valence-corrected chi connectivity index (χ1v) is 10.2. The SMILES string of the molecule is O=S(=O)(c1cnn(Cc2ccccc2)c1)N1CCC(Oc2cccnc2)C1. The summed E-state index contributed by atoms with van der Waals surface area (Å²) in [5.74, 6) is 0.650. The second-order valence-corrected chi connectivity index (χ2v) is 8.38. The predicted molar refractivity (Wildman–Crippen MR) is 99.8 cm³/mol. The molecule has 0 radical (unpaired) electrons. The molecular formula is C19H20N4O3S. The highest BCUT2D eigenvalue weighted by molar-refractivity contribution is 7.89. The summed E-state index contributed by atoms with van der Waals surface area (Å²) in [4.78, 5) is 4.22. The molecule has 4 rings (SSSR count). The number of rotatable bonds is 6. The van der Waals surface area contributed by atoms with Crippen LogP contribution in [0.25, 0.3) is 0 Å². The highest BCUT2D eigenvalue weighted by Crippen LogP contribution is 2.23. The van der Waals surface area contributed by atoms with Crippen molar-refractivity contribution in [1.82, 2.24) is 19.1 Å². The van der Waals surface area contributed by atoms with Gasteiger partial charge in [-0.3, -0.25) is 9.67 Å². The van der Waals surface area contributed by atoms with E-state index in [1.54, 1.807) is 29.3 Å². The molecule has 2 aromatic heterocycles. The highest BCUT2D eigenvalue weighted by Gasteiger charge is 2.34. The Morgan fingerprint density at radius 1 is 1.11 bits per heavy atom. The molecule has 140 valence electrons. The monoisotopic (exact) mass is 384 g/mol. The lowest BCUT2D eigenvalue weighted by Gasteiger charge is -2.16. The van der Waals surface area contributed by atoms with E-state index in [9.17, 15) is 8.42 Å². The third-order valence-corrected chi connectivity index (χ3v) is 6.30. The van der Waals surface area contributed by atoms with Gasteiger partial charge in [0.15, 0.2) is 0 Å². The summed E-state index contributed by atoms with van der Waals surface area (Å²) >= 11 is 0. The van der Waals surface area contributed by atoms with Gasteiger partial charge in [-0.25, -0.2) is 8.42 Å². The Bertz CT molecular complexity index is 990. The summed E-state index contributed by atoms with van der Waals surface area (Å²) < 4.78 is 34.7. The number of aromatic nitrogens is 3. The maximum atomic E-state index is 12.9. The van der Waals surface area contributed by atoms with Gasteiger partial charge in [0.25, 0.3) is 0 Å². The maximum absolute atomic E-state index is 12.9. The van der Waals surface area contributed by atoms with E-state index in [0.29, 0.717) is 31.8 Å². The van der Waals surface area contributed by atoms with E-state index < -0.39 is 10.0 Å². The topological polar surface area (TPSA) is 77.3 Å². The first kappa shape index (κ1) is 17.7. The molecule has 27 heavy (non-hydrogen) atoms. The van der Waals surface area contributed by atoms with Crippen LogP contribution in [0.3, 0.4) is 0 Å². The number of ether oxygens (including phenoxy) is 1. The van der Waals surface area contributed by atoms with Crippen LogP contribution in [0.5, 0.6) is 5.75 Å². The van der Waals surface area contributed by atoms with E-state index in [2.05, 4.69) is 10.1 Å². The minimum Gasteiger partial charge on any atom is -0.487 e. The van der Waals surface area contributed by atoms with Crippen molar-refractivity contribution in [2.24, 2.45) is 0 Å². The standard InChI is InChI=1S/C19H20N4O3S/c24-27(25,19-12-21-22(15-19)13-16-5-2-1-3-6-16)23-10-8-18(14-23)26-17-7-4-9-20-11-17/h1-7,9,11-12,15,18H,8,10,13-14H2. The molecule has 8 heteroatoms. The molecule has 1 aliphatic rings. The highest BCUT2D eigenvalue weighted by atomic mass is 32.2. The summed E-state index contributed by atoms with van der Waals surface area (Å²) in [6.07, 6.45) is 6.76. The quantitative estimate of drug-likeness (QED) is 0.651. The lowest BCUT2D eigenvalue weighted by atomic mass is 10.2. The normalized spacial score (nSPS) is 17.9. The van der Waals surface area contributed by atoms with Gasteiger partial charge in [-0.05, 0) is 24.1 Å². The Balaban J connectivity index is 1.43. The van der Waals surface area contributed by atoms with Crippen molar-refractivity contribution in [3.8, 4) is 5.75 Å². The van der Waals surface area contributed by atoms with Gasteiger partial charge < -0.3 is 4.74 Å². The first-order valence-electron chi connectivity index (χ1n) is 8.74. The zero-order valence-electron chi connectivity index (χ0n) is 14.7. The van der Waals surface area contributed by atoms with Crippen molar-refractivity contribution in [3.05, 3.63) is 72.8 Å². The summed E-state index contributed by atoms with van der Waals surface area (Å²) in [7, 11) is -3.58. The molecule has 0 saturated carbocycles. The van der Waals surface area contributed by atoms with Crippen LogP contribution in [0.4, 0.5) is 0 Å². The molecule has 1 fully saturated rings. The zero-order valence-corrected chi connectivity index (χ0v) is 15.5.